The zero-order chi connectivity index (χ0) is 19.8. The molecule has 2 aliphatic rings. The Morgan fingerprint density at radius 2 is 2.04 bits per heavy atom. The molecule has 2 amide bonds. The average molecular weight is 398 g/mol. The molecule has 0 unspecified atom stereocenters. The summed E-state index contributed by atoms with van der Waals surface area (Å²) in [7, 11) is 0. The summed E-state index contributed by atoms with van der Waals surface area (Å²) in [6, 6.07) is 5.66. The van der Waals surface area contributed by atoms with Gasteiger partial charge in [0.1, 0.15) is 12.2 Å². The number of thioether (sulfide) groups is 1. The number of anilines is 2. The predicted molar refractivity (Wildman–Crippen MR) is 109 cm³/mol. The van der Waals surface area contributed by atoms with E-state index in [0.29, 0.717) is 34.5 Å². The van der Waals surface area contributed by atoms with E-state index in [9.17, 15) is 14.4 Å². The number of carbonyl (C=O) groups excluding carboxylic acids is 2. The van der Waals surface area contributed by atoms with Crippen LogP contribution in [-0.4, -0.2) is 33.9 Å². The highest BCUT2D eigenvalue weighted by Crippen LogP contribution is 2.36. The Kier molecular flexibility index (Phi) is 4.97. The molecule has 0 atom stereocenters. The van der Waals surface area contributed by atoms with E-state index in [2.05, 4.69) is 10.4 Å². The van der Waals surface area contributed by atoms with Crippen molar-refractivity contribution >= 4 is 35.0 Å². The fraction of sp³-hybridized carbons (Fsp3) is 0.400. The third-order valence-corrected chi connectivity index (χ3v) is 6.13. The topological polar surface area (TPSA) is 84.3 Å². The van der Waals surface area contributed by atoms with Gasteiger partial charge in [0.25, 0.3) is 5.56 Å². The Morgan fingerprint density at radius 3 is 2.75 bits per heavy atom. The smallest absolute Gasteiger partial charge is 0.292 e. The number of aryl methyl sites for hydroxylation is 2. The van der Waals surface area contributed by atoms with Crippen molar-refractivity contribution in [2.45, 2.75) is 38.1 Å². The number of nitrogens with one attached hydrogen (secondary N) is 1. The minimum atomic E-state index is -0.395. The SMILES string of the molecule is Cc1ccc(NC(=O)Cn2ncc3c(c2=O)N(CC2CC2)C(=O)CS3)cc1C. The van der Waals surface area contributed by atoms with Crippen LogP contribution in [0.1, 0.15) is 24.0 Å². The molecule has 2 heterocycles. The number of hydrogen-bond donors (Lipinski definition) is 1. The number of rotatable bonds is 5. The van der Waals surface area contributed by atoms with E-state index in [1.54, 1.807) is 11.1 Å². The van der Waals surface area contributed by atoms with Crippen molar-refractivity contribution in [3.8, 4) is 0 Å². The number of carbonyl (C=O) groups is 2. The van der Waals surface area contributed by atoms with Crippen LogP contribution in [0, 0.1) is 19.8 Å². The molecule has 1 fully saturated rings. The lowest BCUT2D eigenvalue weighted by molar-refractivity contribution is -0.117. The van der Waals surface area contributed by atoms with Gasteiger partial charge in [-0.15, -0.1) is 11.8 Å². The van der Waals surface area contributed by atoms with Gasteiger partial charge in [-0.3, -0.25) is 14.4 Å². The molecule has 1 aliphatic heterocycles. The number of amides is 2. The van der Waals surface area contributed by atoms with Crippen LogP contribution in [0.15, 0.2) is 34.1 Å². The number of fused-ring (bicyclic) bond motifs is 1. The van der Waals surface area contributed by atoms with Crippen LogP contribution in [0.4, 0.5) is 11.4 Å². The molecule has 8 heteroatoms. The number of nitrogens with zero attached hydrogens (tertiary/aromatic N) is 3. The Hall–Kier alpha value is -2.61. The van der Waals surface area contributed by atoms with E-state index in [0.717, 1.165) is 28.7 Å². The monoisotopic (exact) mass is 398 g/mol. The first-order chi connectivity index (χ1) is 13.4. The summed E-state index contributed by atoms with van der Waals surface area (Å²) in [6.45, 7) is 4.35. The van der Waals surface area contributed by atoms with Crippen molar-refractivity contribution in [2.75, 3.05) is 22.5 Å². The van der Waals surface area contributed by atoms with Crippen molar-refractivity contribution in [3.05, 3.63) is 45.9 Å². The van der Waals surface area contributed by atoms with Crippen LogP contribution in [0.5, 0.6) is 0 Å². The highest BCUT2D eigenvalue weighted by molar-refractivity contribution is 8.00. The van der Waals surface area contributed by atoms with E-state index < -0.39 is 5.56 Å². The van der Waals surface area contributed by atoms with Crippen molar-refractivity contribution in [1.29, 1.82) is 0 Å². The molecule has 1 aliphatic carbocycles. The molecule has 1 aromatic carbocycles. The molecule has 1 N–H and O–H groups in total. The third kappa shape index (κ3) is 3.82. The summed E-state index contributed by atoms with van der Waals surface area (Å²) in [4.78, 5) is 40.1. The number of benzene rings is 1. The molecule has 7 nitrogen and oxygen atoms in total. The molecule has 1 aromatic heterocycles. The second-order valence-corrected chi connectivity index (χ2v) is 8.42. The van der Waals surface area contributed by atoms with E-state index in [1.807, 2.05) is 32.0 Å². The number of aromatic nitrogens is 2. The number of hydrogen-bond acceptors (Lipinski definition) is 5. The summed E-state index contributed by atoms with van der Waals surface area (Å²) in [5.41, 5.74) is 2.87. The van der Waals surface area contributed by atoms with Gasteiger partial charge in [0.05, 0.1) is 16.8 Å². The van der Waals surface area contributed by atoms with Crippen LogP contribution in [0.25, 0.3) is 0 Å². The second-order valence-electron chi connectivity index (χ2n) is 7.40. The Labute approximate surface area is 167 Å². The highest BCUT2D eigenvalue weighted by Gasteiger charge is 2.34. The van der Waals surface area contributed by atoms with Crippen LogP contribution >= 0.6 is 11.8 Å². The first-order valence-corrected chi connectivity index (χ1v) is 10.3. The zero-order valence-corrected chi connectivity index (χ0v) is 16.7. The molecule has 1 saturated carbocycles. The molecule has 0 bridgehead atoms. The van der Waals surface area contributed by atoms with E-state index in [1.165, 1.54) is 11.8 Å². The van der Waals surface area contributed by atoms with Crippen molar-refractivity contribution < 1.29 is 9.59 Å². The molecule has 0 radical (unpaired) electrons. The van der Waals surface area contributed by atoms with Crippen molar-refractivity contribution in [2.24, 2.45) is 5.92 Å². The minimum Gasteiger partial charge on any atom is -0.324 e. The van der Waals surface area contributed by atoms with Gasteiger partial charge in [-0.05, 0) is 55.9 Å². The van der Waals surface area contributed by atoms with Gasteiger partial charge in [-0.2, -0.15) is 5.10 Å². The van der Waals surface area contributed by atoms with Gasteiger partial charge in [-0.1, -0.05) is 6.07 Å². The fourth-order valence-electron chi connectivity index (χ4n) is 3.18. The van der Waals surface area contributed by atoms with Gasteiger partial charge in [0, 0.05) is 12.2 Å². The largest absolute Gasteiger partial charge is 0.324 e. The molecule has 4 rings (SSSR count). The van der Waals surface area contributed by atoms with Crippen LogP contribution in [-0.2, 0) is 16.1 Å². The summed E-state index contributed by atoms with van der Waals surface area (Å²) in [6.07, 6.45) is 3.75. The van der Waals surface area contributed by atoms with E-state index in [4.69, 9.17) is 0 Å². The lowest BCUT2D eigenvalue weighted by Crippen LogP contribution is -2.43. The molecule has 0 spiro atoms. The molecule has 2 aromatic rings. The first kappa shape index (κ1) is 18.7. The third-order valence-electron chi connectivity index (χ3n) is 5.13. The zero-order valence-electron chi connectivity index (χ0n) is 15.9. The van der Waals surface area contributed by atoms with Gasteiger partial charge in [-0.25, -0.2) is 4.68 Å². The standard InChI is InChI=1S/C20H22N4O3S/c1-12-3-6-15(7-13(12)2)22-17(25)10-24-20(27)19-16(8-21-24)28-11-18(26)23(19)9-14-4-5-14/h3,6-8,14H,4-5,9-11H2,1-2H3,(H,22,25). The summed E-state index contributed by atoms with van der Waals surface area (Å²) >= 11 is 1.33. The van der Waals surface area contributed by atoms with E-state index in [-0.39, 0.29) is 18.4 Å². The van der Waals surface area contributed by atoms with Crippen molar-refractivity contribution in [3.63, 3.8) is 0 Å². The maximum atomic E-state index is 13.0. The van der Waals surface area contributed by atoms with Gasteiger partial charge in [0.15, 0.2) is 0 Å². The lowest BCUT2D eigenvalue weighted by Gasteiger charge is -2.28. The lowest BCUT2D eigenvalue weighted by atomic mass is 10.1. The Bertz CT molecular complexity index is 1010. The molecule has 28 heavy (non-hydrogen) atoms. The maximum absolute atomic E-state index is 13.0. The fourth-order valence-corrected chi connectivity index (χ4v) is 4.07. The van der Waals surface area contributed by atoms with Gasteiger partial charge >= 0.3 is 0 Å². The summed E-state index contributed by atoms with van der Waals surface area (Å²) in [5.74, 6) is 0.395. The maximum Gasteiger partial charge on any atom is 0.292 e. The minimum absolute atomic E-state index is 0.0566. The van der Waals surface area contributed by atoms with Crippen molar-refractivity contribution in [1.82, 2.24) is 9.78 Å². The van der Waals surface area contributed by atoms with E-state index >= 15 is 0 Å². The Balaban J connectivity index is 1.56. The van der Waals surface area contributed by atoms with Gasteiger partial charge in [0.2, 0.25) is 11.8 Å². The first-order valence-electron chi connectivity index (χ1n) is 9.33. The second kappa shape index (κ2) is 7.43. The predicted octanol–water partition coefficient (Wildman–Crippen LogP) is 2.35. The molecule has 0 saturated heterocycles. The van der Waals surface area contributed by atoms with Crippen LogP contribution < -0.4 is 15.8 Å². The molecular weight excluding hydrogens is 376 g/mol. The summed E-state index contributed by atoms with van der Waals surface area (Å²) in [5, 5.41) is 6.95. The normalized spacial score (nSPS) is 16.1. The Morgan fingerprint density at radius 1 is 1.25 bits per heavy atom. The van der Waals surface area contributed by atoms with Gasteiger partial charge < -0.3 is 10.2 Å². The summed E-state index contributed by atoms with van der Waals surface area (Å²) < 4.78 is 1.13. The van der Waals surface area contributed by atoms with Crippen LogP contribution in [0.3, 0.4) is 0 Å². The molecule has 146 valence electrons. The van der Waals surface area contributed by atoms with Crippen LogP contribution in [0.2, 0.25) is 0 Å². The quantitative estimate of drug-likeness (QED) is 0.836. The average Bonchev–Trinajstić information content (AvgIpc) is 3.47. The highest BCUT2D eigenvalue weighted by atomic mass is 32.2. The molecular formula is C20H22N4O3S.